The van der Waals surface area contributed by atoms with E-state index in [0.29, 0.717) is 25.9 Å². The van der Waals surface area contributed by atoms with Crippen molar-refractivity contribution in [3.63, 3.8) is 0 Å². The first-order chi connectivity index (χ1) is 10.6. The van der Waals surface area contributed by atoms with E-state index >= 15 is 0 Å². The Bertz CT molecular complexity index is 678. The molecular formula is C16H26N4O2S. The molecule has 1 aromatic rings. The van der Waals surface area contributed by atoms with E-state index in [2.05, 4.69) is 5.32 Å². The van der Waals surface area contributed by atoms with E-state index in [4.69, 9.17) is 11.5 Å². The summed E-state index contributed by atoms with van der Waals surface area (Å²) in [5, 5.41) is 4.37. The summed E-state index contributed by atoms with van der Waals surface area (Å²) in [6.07, 6.45) is 2.61. The van der Waals surface area contributed by atoms with E-state index in [9.17, 15) is 8.42 Å². The molecule has 1 heterocycles. The molecule has 5 N–H and O–H groups in total. The summed E-state index contributed by atoms with van der Waals surface area (Å²) in [5.74, 6) is 0. The summed E-state index contributed by atoms with van der Waals surface area (Å²) in [5.41, 5.74) is 14.9. The van der Waals surface area contributed by atoms with Crippen molar-refractivity contribution in [3.8, 4) is 0 Å². The number of nitrogens with two attached hydrogens (primary N) is 2. The normalized spacial score (nSPS) is 19.2. The summed E-state index contributed by atoms with van der Waals surface area (Å²) in [6.45, 7) is 4.66. The maximum atomic E-state index is 12.5. The first kappa shape index (κ1) is 17.9. The number of sulfonamides is 1. The van der Waals surface area contributed by atoms with Gasteiger partial charge in [0, 0.05) is 31.2 Å². The molecule has 0 spiro atoms. The van der Waals surface area contributed by atoms with Crippen LogP contribution < -0.4 is 16.8 Å². The lowest BCUT2D eigenvalue weighted by atomic mass is 10.0. The van der Waals surface area contributed by atoms with Crippen molar-refractivity contribution in [1.82, 2.24) is 4.31 Å². The number of nitrogens with zero attached hydrogens (tertiary/aromatic N) is 1. The third-order valence-electron chi connectivity index (χ3n) is 4.30. The molecule has 0 bridgehead atoms. The number of anilines is 1. The summed E-state index contributed by atoms with van der Waals surface area (Å²) in [4.78, 5) is 0. The summed E-state index contributed by atoms with van der Waals surface area (Å²) >= 11 is 0. The number of aryl methyl sites for hydroxylation is 2. The van der Waals surface area contributed by atoms with Gasteiger partial charge in [-0.1, -0.05) is 0 Å². The second-order valence-electron chi connectivity index (χ2n) is 6.25. The van der Waals surface area contributed by atoms with Crippen molar-refractivity contribution >= 4 is 21.8 Å². The topological polar surface area (TPSA) is 101 Å². The van der Waals surface area contributed by atoms with Gasteiger partial charge in [0.05, 0.1) is 5.66 Å². The molecule has 23 heavy (non-hydrogen) atoms. The number of piperidine rings is 1. The molecule has 0 amide bonds. The Balaban J connectivity index is 2.19. The van der Waals surface area contributed by atoms with E-state index in [0.717, 1.165) is 22.4 Å². The van der Waals surface area contributed by atoms with Crippen LogP contribution in [0.25, 0.3) is 6.08 Å². The van der Waals surface area contributed by atoms with E-state index in [1.54, 1.807) is 6.08 Å². The van der Waals surface area contributed by atoms with Crippen LogP contribution >= 0.6 is 0 Å². The maximum Gasteiger partial charge on any atom is 0.236 e. The predicted molar refractivity (Wildman–Crippen MR) is 95.3 cm³/mol. The number of nitrogens with one attached hydrogen (secondary N) is 1. The quantitative estimate of drug-likeness (QED) is 0.720. The molecule has 1 aliphatic heterocycles. The monoisotopic (exact) mass is 338 g/mol. The molecule has 0 saturated carbocycles. The predicted octanol–water partition coefficient (Wildman–Crippen LogP) is 1.36. The minimum Gasteiger partial charge on any atom is -0.388 e. The van der Waals surface area contributed by atoms with Gasteiger partial charge in [-0.3, -0.25) is 0 Å². The van der Waals surface area contributed by atoms with Crippen LogP contribution in [0.2, 0.25) is 0 Å². The van der Waals surface area contributed by atoms with Gasteiger partial charge in [0.15, 0.2) is 0 Å². The van der Waals surface area contributed by atoms with Crippen molar-refractivity contribution in [1.29, 1.82) is 0 Å². The Morgan fingerprint density at radius 1 is 1.17 bits per heavy atom. The molecule has 1 aliphatic rings. The summed E-state index contributed by atoms with van der Waals surface area (Å²) in [7, 11) is -1.59. The van der Waals surface area contributed by atoms with Gasteiger partial charge in [-0.05, 0) is 61.6 Å². The van der Waals surface area contributed by atoms with Gasteiger partial charge in [0.25, 0.3) is 0 Å². The molecule has 0 radical (unpaired) electrons. The molecule has 0 aliphatic carbocycles. The van der Waals surface area contributed by atoms with E-state index < -0.39 is 15.7 Å². The minimum absolute atomic E-state index is 0.357. The number of hydrogen-bond acceptors (Lipinski definition) is 5. The van der Waals surface area contributed by atoms with Crippen LogP contribution in [-0.2, 0) is 10.0 Å². The van der Waals surface area contributed by atoms with Gasteiger partial charge < -0.3 is 16.8 Å². The largest absolute Gasteiger partial charge is 0.388 e. The van der Waals surface area contributed by atoms with Crippen molar-refractivity contribution in [2.24, 2.45) is 11.5 Å². The lowest BCUT2D eigenvalue weighted by molar-refractivity contribution is 0.243. The molecule has 0 atom stereocenters. The lowest BCUT2D eigenvalue weighted by Crippen LogP contribution is -2.57. The standard InChI is InChI=1S/C16H26N4O2S/c1-12-10-14(19-3)11-13(2)15(12)4-9-23(21,22)20-7-5-16(17,18)6-8-20/h4,9-11,19H,5-8,17-18H2,1-3H3/b9-4+. The van der Waals surface area contributed by atoms with Crippen molar-refractivity contribution in [2.75, 3.05) is 25.5 Å². The maximum absolute atomic E-state index is 12.5. The molecule has 2 rings (SSSR count). The minimum atomic E-state index is -3.45. The highest BCUT2D eigenvalue weighted by Gasteiger charge is 2.31. The highest BCUT2D eigenvalue weighted by Crippen LogP contribution is 2.23. The van der Waals surface area contributed by atoms with Crippen molar-refractivity contribution in [2.45, 2.75) is 32.4 Å². The van der Waals surface area contributed by atoms with Crippen LogP contribution in [0.1, 0.15) is 29.5 Å². The Labute approximate surface area is 138 Å². The van der Waals surface area contributed by atoms with Crippen LogP contribution in [0.3, 0.4) is 0 Å². The smallest absolute Gasteiger partial charge is 0.236 e. The van der Waals surface area contributed by atoms with Crippen LogP contribution in [0.5, 0.6) is 0 Å². The second-order valence-corrected chi connectivity index (χ2v) is 8.07. The Morgan fingerprint density at radius 2 is 1.70 bits per heavy atom. The van der Waals surface area contributed by atoms with Gasteiger partial charge in [-0.25, -0.2) is 8.42 Å². The fourth-order valence-corrected chi connectivity index (χ4v) is 3.95. The third kappa shape index (κ3) is 4.32. The van der Waals surface area contributed by atoms with E-state index in [-0.39, 0.29) is 0 Å². The van der Waals surface area contributed by atoms with Gasteiger partial charge in [-0.2, -0.15) is 4.31 Å². The molecule has 0 aromatic heterocycles. The van der Waals surface area contributed by atoms with Crippen molar-refractivity contribution in [3.05, 3.63) is 34.2 Å². The zero-order chi connectivity index (χ0) is 17.3. The lowest BCUT2D eigenvalue weighted by Gasteiger charge is -2.35. The van der Waals surface area contributed by atoms with Crippen LogP contribution in [0.4, 0.5) is 5.69 Å². The Morgan fingerprint density at radius 3 is 2.17 bits per heavy atom. The average Bonchev–Trinajstić information content (AvgIpc) is 2.45. The molecular weight excluding hydrogens is 312 g/mol. The van der Waals surface area contributed by atoms with Crippen LogP contribution in [-0.4, -0.2) is 38.5 Å². The second kappa shape index (κ2) is 6.60. The highest BCUT2D eigenvalue weighted by atomic mass is 32.2. The van der Waals surface area contributed by atoms with Gasteiger partial charge in [0.2, 0.25) is 10.0 Å². The number of benzene rings is 1. The highest BCUT2D eigenvalue weighted by molar-refractivity contribution is 7.92. The van der Waals surface area contributed by atoms with Crippen LogP contribution in [0.15, 0.2) is 17.5 Å². The van der Waals surface area contributed by atoms with Crippen LogP contribution in [0, 0.1) is 13.8 Å². The summed E-state index contributed by atoms with van der Waals surface area (Å²) < 4.78 is 26.4. The molecule has 6 nitrogen and oxygen atoms in total. The van der Waals surface area contributed by atoms with Crippen molar-refractivity contribution < 1.29 is 8.42 Å². The molecule has 128 valence electrons. The summed E-state index contributed by atoms with van der Waals surface area (Å²) in [6, 6.07) is 3.99. The van der Waals surface area contributed by atoms with E-state index in [1.165, 1.54) is 9.71 Å². The van der Waals surface area contributed by atoms with Gasteiger partial charge in [0.1, 0.15) is 0 Å². The fourth-order valence-electron chi connectivity index (χ4n) is 2.78. The number of rotatable bonds is 4. The zero-order valence-electron chi connectivity index (χ0n) is 14.0. The molecule has 1 aromatic carbocycles. The Hall–Kier alpha value is -1.41. The molecule has 0 unspecified atom stereocenters. The molecule has 7 heteroatoms. The van der Waals surface area contributed by atoms with E-state index in [1.807, 2.05) is 33.0 Å². The van der Waals surface area contributed by atoms with Gasteiger partial charge in [-0.15, -0.1) is 0 Å². The fraction of sp³-hybridized carbons (Fsp3) is 0.500. The first-order valence-corrected chi connectivity index (χ1v) is 9.20. The molecule has 1 fully saturated rings. The zero-order valence-corrected chi connectivity index (χ0v) is 14.8. The first-order valence-electron chi connectivity index (χ1n) is 7.70. The SMILES string of the molecule is CNc1cc(C)c(/C=C/S(=O)(=O)N2CCC(N)(N)CC2)c(C)c1. The average molecular weight is 338 g/mol. The Kier molecular flexibility index (Phi) is 5.15. The third-order valence-corrected chi connectivity index (χ3v) is 5.87. The number of hydrogen-bond donors (Lipinski definition) is 3. The molecule has 1 saturated heterocycles. The van der Waals surface area contributed by atoms with Gasteiger partial charge >= 0.3 is 0 Å².